The van der Waals surface area contributed by atoms with Crippen molar-refractivity contribution in [1.29, 1.82) is 0 Å². The molecule has 3 heterocycles. The van der Waals surface area contributed by atoms with Crippen LogP contribution in [0.1, 0.15) is 0 Å². The Morgan fingerprint density at radius 3 is 3.10 bits per heavy atom. The number of nitrogens with one attached hydrogen (secondary N) is 1. The zero-order valence-electron chi connectivity index (χ0n) is 10.7. The second kappa shape index (κ2) is 4.68. The van der Waals surface area contributed by atoms with Crippen LogP contribution in [0.2, 0.25) is 5.15 Å². The molecule has 4 rings (SSSR count). The molecule has 0 bridgehead atoms. The van der Waals surface area contributed by atoms with E-state index in [1.165, 1.54) is 6.33 Å². The summed E-state index contributed by atoms with van der Waals surface area (Å²) in [5.74, 6) is 1.14. The van der Waals surface area contributed by atoms with Crippen LogP contribution in [0, 0.1) is 0 Å². The van der Waals surface area contributed by atoms with Crippen LogP contribution in [0.15, 0.2) is 49.1 Å². The van der Waals surface area contributed by atoms with Crippen LogP contribution in [-0.2, 0) is 0 Å². The van der Waals surface area contributed by atoms with Crippen LogP contribution in [-0.4, -0.2) is 24.6 Å². The van der Waals surface area contributed by atoms with E-state index < -0.39 is 0 Å². The lowest BCUT2D eigenvalue weighted by atomic mass is 10.1. The van der Waals surface area contributed by atoms with Gasteiger partial charge in [0.2, 0.25) is 0 Å². The minimum atomic E-state index is 0.358. The zero-order valence-corrected chi connectivity index (χ0v) is 11.5. The smallest absolute Gasteiger partial charge is 0.255 e. The van der Waals surface area contributed by atoms with Gasteiger partial charge in [-0.05, 0) is 17.5 Å². The highest BCUT2D eigenvalue weighted by Gasteiger charge is 2.08. The summed E-state index contributed by atoms with van der Waals surface area (Å²) in [6.45, 7) is 0. The van der Waals surface area contributed by atoms with Crippen molar-refractivity contribution in [3.05, 3.63) is 54.2 Å². The molecule has 0 aliphatic carbocycles. The highest BCUT2D eigenvalue weighted by molar-refractivity contribution is 6.29. The summed E-state index contributed by atoms with van der Waals surface area (Å²) < 4.78 is 1.60. The van der Waals surface area contributed by atoms with Crippen molar-refractivity contribution in [1.82, 2.24) is 24.6 Å². The van der Waals surface area contributed by atoms with Crippen molar-refractivity contribution in [2.24, 2.45) is 0 Å². The van der Waals surface area contributed by atoms with Gasteiger partial charge in [0, 0.05) is 29.5 Å². The molecular formula is C14H9ClN6. The number of rotatable bonds is 2. The summed E-state index contributed by atoms with van der Waals surface area (Å²) in [6.07, 6.45) is 5.03. The van der Waals surface area contributed by atoms with Gasteiger partial charge in [0.25, 0.3) is 5.78 Å². The van der Waals surface area contributed by atoms with Crippen molar-refractivity contribution in [2.75, 3.05) is 5.32 Å². The summed E-state index contributed by atoms with van der Waals surface area (Å²) in [4.78, 5) is 12.3. The van der Waals surface area contributed by atoms with Crippen LogP contribution in [0.4, 0.5) is 11.5 Å². The topological polar surface area (TPSA) is 68.0 Å². The largest absolute Gasteiger partial charge is 0.339 e. The van der Waals surface area contributed by atoms with Gasteiger partial charge in [-0.3, -0.25) is 4.98 Å². The van der Waals surface area contributed by atoms with E-state index in [-0.39, 0.29) is 0 Å². The number of fused-ring (bicyclic) bond motifs is 2. The maximum absolute atomic E-state index is 6.02. The third kappa shape index (κ3) is 2.05. The lowest BCUT2D eigenvalue weighted by molar-refractivity contribution is 0.947. The van der Waals surface area contributed by atoms with E-state index in [0.717, 1.165) is 16.5 Å². The summed E-state index contributed by atoms with van der Waals surface area (Å²) in [6, 6.07) is 9.66. The van der Waals surface area contributed by atoms with Crippen LogP contribution < -0.4 is 5.32 Å². The Bertz CT molecular complexity index is 943. The summed E-state index contributed by atoms with van der Waals surface area (Å²) in [5.41, 5.74) is 0.916. The number of pyridine rings is 1. The molecule has 1 N–H and O–H groups in total. The van der Waals surface area contributed by atoms with E-state index in [2.05, 4.69) is 25.4 Å². The Morgan fingerprint density at radius 2 is 2.14 bits per heavy atom. The van der Waals surface area contributed by atoms with E-state index >= 15 is 0 Å². The lowest BCUT2D eigenvalue weighted by Gasteiger charge is -2.10. The van der Waals surface area contributed by atoms with Crippen LogP contribution in [0.5, 0.6) is 0 Å². The Labute approximate surface area is 124 Å². The van der Waals surface area contributed by atoms with Gasteiger partial charge in [-0.2, -0.15) is 19.6 Å². The molecule has 0 amide bonds. The molecule has 3 aromatic heterocycles. The summed E-state index contributed by atoms with van der Waals surface area (Å²) in [5, 5.41) is 9.93. The summed E-state index contributed by atoms with van der Waals surface area (Å²) in [7, 11) is 0. The molecular weight excluding hydrogens is 288 g/mol. The van der Waals surface area contributed by atoms with E-state index in [4.69, 9.17) is 11.6 Å². The average Bonchev–Trinajstić information content (AvgIpc) is 2.96. The third-order valence-electron chi connectivity index (χ3n) is 3.17. The fraction of sp³-hybridized carbons (Fsp3) is 0. The predicted molar refractivity (Wildman–Crippen MR) is 80.8 cm³/mol. The van der Waals surface area contributed by atoms with Gasteiger partial charge in [0.05, 0.1) is 0 Å². The average molecular weight is 297 g/mol. The van der Waals surface area contributed by atoms with Gasteiger partial charge in [-0.15, -0.1) is 0 Å². The van der Waals surface area contributed by atoms with Gasteiger partial charge in [0.15, 0.2) is 0 Å². The monoisotopic (exact) mass is 296 g/mol. The lowest BCUT2D eigenvalue weighted by Crippen LogP contribution is -2.02. The van der Waals surface area contributed by atoms with Crippen molar-refractivity contribution in [2.45, 2.75) is 0 Å². The predicted octanol–water partition coefficient (Wildman–Crippen LogP) is 3.07. The maximum atomic E-state index is 6.02. The molecule has 0 radical (unpaired) electrons. The molecule has 102 valence electrons. The molecule has 0 spiro atoms. The molecule has 0 unspecified atom stereocenters. The molecule has 21 heavy (non-hydrogen) atoms. The maximum Gasteiger partial charge on any atom is 0.255 e. The number of anilines is 2. The van der Waals surface area contributed by atoms with Crippen LogP contribution in [0.25, 0.3) is 16.6 Å². The van der Waals surface area contributed by atoms with Crippen LogP contribution >= 0.6 is 11.6 Å². The second-order valence-electron chi connectivity index (χ2n) is 4.46. The molecule has 0 saturated carbocycles. The van der Waals surface area contributed by atoms with E-state index in [1.54, 1.807) is 16.8 Å². The third-order valence-corrected chi connectivity index (χ3v) is 3.36. The first kappa shape index (κ1) is 12.0. The fourth-order valence-electron chi connectivity index (χ4n) is 2.23. The Kier molecular flexibility index (Phi) is 2.68. The Hall–Kier alpha value is -2.73. The van der Waals surface area contributed by atoms with Crippen molar-refractivity contribution in [3.63, 3.8) is 0 Å². The second-order valence-corrected chi connectivity index (χ2v) is 4.85. The number of aromatic nitrogens is 5. The quantitative estimate of drug-likeness (QED) is 0.576. The highest BCUT2D eigenvalue weighted by atomic mass is 35.5. The molecule has 0 aliphatic heterocycles. The highest BCUT2D eigenvalue weighted by Crippen LogP contribution is 2.26. The van der Waals surface area contributed by atoms with E-state index in [1.807, 2.05) is 30.5 Å². The number of hydrogen-bond acceptors (Lipinski definition) is 5. The van der Waals surface area contributed by atoms with Gasteiger partial charge < -0.3 is 5.32 Å². The molecule has 6 nitrogen and oxygen atoms in total. The molecule has 4 aromatic rings. The van der Waals surface area contributed by atoms with Crippen LogP contribution in [0.3, 0.4) is 0 Å². The van der Waals surface area contributed by atoms with E-state index in [9.17, 15) is 0 Å². The summed E-state index contributed by atoms with van der Waals surface area (Å²) >= 11 is 6.02. The van der Waals surface area contributed by atoms with Crippen molar-refractivity contribution >= 4 is 39.7 Å². The molecule has 1 aromatic carbocycles. The normalized spacial score (nSPS) is 11.1. The zero-order chi connectivity index (χ0) is 14.2. The van der Waals surface area contributed by atoms with Gasteiger partial charge in [0.1, 0.15) is 17.3 Å². The first-order valence-corrected chi connectivity index (χ1v) is 6.65. The molecule has 0 atom stereocenters. The number of hydrogen-bond donors (Lipinski definition) is 1. The minimum Gasteiger partial charge on any atom is -0.339 e. The fourth-order valence-corrected chi connectivity index (χ4v) is 2.41. The van der Waals surface area contributed by atoms with E-state index in [0.29, 0.717) is 16.7 Å². The Balaban J connectivity index is 1.89. The molecule has 7 heteroatoms. The van der Waals surface area contributed by atoms with Gasteiger partial charge in [-0.1, -0.05) is 23.7 Å². The Morgan fingerprint density at radius 1 is 1.19 bits per heavy atom. The van der Waals surface area contributed by atoms with Gasteiger partial charge in [-0.25, -0.2) is 0 Å². The first-order valence-electron chi connectivity index (χ1n) is 6.27. The molecule has 0 fully saturated rings. The first-order chi connectivity index (χ1) is 10.3. The van der Waals surface area contributed by atoms with Crippen molar-refractivity contribution < 1.29 is 0 Å². The minimum absolute atomic E-state index is 0.358. The standard InChI is InChI=1S/C14H9ClN6/c15-12-6-13(21-14(20-12)17-8-18-21)19-11-3-1-2-9-4-5-16-7-10(9)11/h1-8,19H. The number of halogens is 1. The SMILES string of the molecule is Clc1cc(Nc2cccc3ccncc23)n2ncnc2n1. The van der Waals surface area contributed by atoms with Crippen molar-refractivity contribution in [3.8, 4) is 0 Å². The number of benzene rings is 1. The number of nitrogens with zero attached hydrogens (tertiary/aromatic N) is 5. The van der Waals surface area contributed by atoms with Gasteiger partial charge >= 0.3 is 0 Å². The molecule has 0 saturated heterocycles. The molecule has 0 aliphatic rings.